The van der Waals surface area contributed by atoms with Crippen LogP contribution in [0.25, 0.3) is 10.2 Å². The number of hydrogen-bond acceptors (Lipinski definition) is 4. The van der Waals surface area contributed by atoms with Crippen molar-refractivity contribution in [2.45, 2.75) is 44.2 Å². The van der Waals surface area contributed by atoms with Gasteiger partial charge in [0.15, 0.2) is 0 Å². The highest BCUT2D eigenvalue weighted by Gasteiger charge is 2.18. The average molecular weight is 276 g/mol. The van der Waals surface area contributed by atoms with E-state index in [1.54, 1.807) is 11.3 Å². The maximum absolute atomic E-state index is 6.25. The molecule has 1 aliphatic heterocycles. The predicted molar refractivity (Wildman–Crippen MR) is 79.5 cm³/mol. The molecule has 0 bridgehead atoms. The Bertz CT molecular complexity index is 501. The van der Waals surface area contributed by atoms with E-state index in [0.29, 0.717) is 6.10 Å². The van der Waals surface area contributed by atoms with Gasteiger partial charge in [-0.1, -0.05) is 12.1 Å². The second kappa shape index (κ2) is 5.99. The van der Waals surface area contributed by atoms with E-state index in [2.05, 4.69) is 23.2 Å². The lowest BCUT2D eigenvalue weighted by molar-refractivity contribution is 0.00747. The van der Waals surface area contributed by atoms with Crippen LogP contribution in [0.4, 0.5) is 0 Å². The Morgan fingerprint density at radius 1 is 1.37 bits per heavy atom. The van der Waals surface area contributed by atoms with Crippen molar-refractivity contribution in [3.8, 4) is 0 Å². The number of para-hydroxylation sites is 1. The molecular formula is C15H20N2OS. The lowest BCUT2D eigenvalue weighted by atomic mass is 10.0. The van der Waals surface area contributed by atoms with Crippen molar-refractivity contribution in [1.82, 2.24) is 4.98 Å². The quantitative estimate of drug-likeness (QED) is 0.933. The van der Waals surface area contributed by atoms with Crippen molar-refractivity contribution in [1.29, 1.82) is 0 Å². The van der Waals surface area contributed by atoms with Crippen molar-refractivity contribution in [3.05, 3.63) is 29.3 Å². The zero-order valence-corrected chi connectivity index (χ0v) is 11.9. The summed E-state index contributed by atoms with van der Waals surface area (Å²) < 4.78 is 7.00. The van der Waals surface area contributed by atoms with E-state index in [-0.39, 0.29) is 6.04 Å². The van der Waals surface area contributed by atoms with E-state index in [4.69, 9.17) is 10.5 Å². The van der Waals surface area contributed by atoms with E-state index in [1.807, 2.05) is 6.07 Å². The molecule has 0 radical (unpaired) electrons. The fraction of sp³-hybridized carbons (Fsp3) is 0.533. The van der Waals surface area contributed by atoms with Crippen LogP contribution in [0.3, 0.4) is 0 Å². The molecule has 1 saturated heterocycles. The first-order chi connectivity index (χ1) is 9.31. The van der Waals surface area contributed by atoms with Gasteiger partial charge in [0.25, 0.3) is 0 Å². The van der Waals surface area contributed by atoms with Crippen molar-refractivity contribution in [2.24, 2.45) is 5.73 Å². The van der Waals surface area contributed by atoms with Gasteiger partial charge < -0.3 is 10.5 Å². The summed E-state index contributed by atoms with van der Waals surface area (Å²) in [6.45, 7) is 0.901. The summed E-state index contributed by atoms with van der Waals surface area (Å²) in [6, 6.07) is 8.42. The summed E-state index contributed by atoms with van der Waals surface area (Å²) in [7, 11) is 0. The summed E-state index contributed by atoms with van der Waals surface area (Å²) in [4.78, 5) is 4.64. The number of nitrogens with two attached hydrogens (primary N) is 1. The molecule has 2 heterocycles. The highest BCUT2D eigenvalue weighted by molar-refractivity contribution is 7.18. The summed E-state index contributed by atoms with van der Waals surface area (Å²) in [6.07, 6.45) is 5.81. The molecule has 2 unspecified atom stereocenters. The van der Waals surface area contributed by atoms with E-state index in [0.717, 1.165) is 36.4 Å². The molecule has 0 saturated carbocycles. The molecule has 0 aliphatic carbocycles. The van der Waals surface area contributed by atoms with Crippen LogP contribution in [0, 0.1) is 0 Å². The molecule has 3 rings (SSSR count). The average Bonchev–Trinajstić information content (AvgIpc) is 2.81. The van der Waals surface area contributed by atoms with Crippen LogP contribution in [0.5, 0.6) is 0 Å². The van der Waals surface area contributed by atoms with Crippen LogP contribution >= 0.6 is 11.3 Å². The third kappa shape index (κ3) is 3.32. The highest BCUT2D eigenvalue weighted by atomic mass is 32.1. The first-order valence-electron chi connectivity index (χ1n) is 7.03. The molecule has 1 aromatic carbocycles. The van der Waals surface area contributed by atoms with E-state index in [1.165, 1.54) is 17.5 Å². The van der Waals surface area contributed by atoms with Gasteiger partial charge >= 0.3 is 0 Å². The van der Waals surface area contributed by atoms with Crippen LogP contribution in [-0.2, 0) is 11.2 Å². The van der Waals surface area contributed by atoms with Crippen molar-refractivity contribution in [3.63, 3.8) is 0 Å². The minimum Gasteiger partial charge on any atom is -0.378 e. The summed E-state index contributed by atoms with van der Waals surface area (Å²) in [5.41, 5.74) is 7.33. The lowest BCUT2D eigenvalue weighted by Gasteiger charge is -2.24. The fourth-order valence-electron chi connectivity index (χ4n) is 2.65. The number of hydrogen-bond donors (Lipinski definition) is 1. The Morgan fingerprint density at radius 3 is 3.05 bits per heavy atom. The zero-order valence-electron chi connectivity index (χ0n) is 11.0. The van der Waals surface area contributed by atoms with Crippen LogP contribution in [0.2, 0.25) is 0 Å². The molecule has 1 fully saturated rings. The number of nitrogens with zero attached hydrogens (tertiary/aromatic N) is 1. The topological polar surface area (TPSA) is 48.1 Å². The maximum Gasteiger partial charge on any atom is 0.0954 e. The van der Waals surface area contributed by atoms with Gasteiger partial charge in [0, 0.05) is 19.1 Å². The second-order valence-corrected chi connectivity index (χ2v) is 6.38. The van der Waals surface area contributed by atoms with Gasteiger partial charge in [0.2, 0.25) is 0 Å². The molecule has 2 N–H and O–H groups in total. The smallest absolute Gasteiger partial charge is 0.0954 e. The molecule has 19 heavy (non-hydrogen) atoms. The van der Waals surface area contributed by atoms with Gasteiger partial charge in [-0.05, 0) is 37.8 Å². The summed E-state index contributed by atoms with van der Waals surface area (Å²) in [5, 5.41) is 1.14. The summed E-state index contributed by atoms with van der Waals surface area (Å²) in [5.74, 6) is 0. The Hall–Kier alpha value is -0.970. The third-order valence-electron chi connectivity index (χ3n) is 3.61. The molecule has 2 aromatic rings. The number of ether oxygens (including phenoxy) is 1. The molecule has 4 heteroatoms. The Kier molecular flexibility index (Phi) is 4.11. The number of aromatic nitrogens is 1. The van der Waals surface area contributed by atoms with Crippen LogP contribution in [0.1, 0.15) is 30.7 Å². The molecule has 1 aliphatic rings. The molecule has 0 amide bonds. The second-order valence-electron chi connectivity index (χ2n) is 5.26. The molecule has 1 aromatic heterocycles. The lowest BCUT2D eigenvalue weighted by Crippen LogP contribution is -2.31. The molecular weight excluding hydrogens is 256 g/mol. The first-order valence-corrected chi connectivity index (χ1v) is 7.84. The van der Waals surface area contributed by atoms with Crippen LogP contribution in [-0.4, -0.2) is 23.7 Å². The number of benzene rings is 1. The molecule has 2 atom stereocenters. The van der Waals surface area contributed by atoms with E-state index >= 15 is 0 Å². The van der Waals surface area contributed by atoms with E-state index in [9.17, 15) is 0 Å². The summed E-state index contributed by atoms with van der Waals surface area (Å²) >= 11 is 1.76. The van der Waals surface area contributed by atoms with Gasteiger partial charge in [0.05, 0.1) is 21.3 Å². The largest absolute Gasteiger partial charge is 0.378 e. The number of fused-ring (bicyclic) bond motifs is 1. The standard InChI is InChI=1S/C15H20N2OS/c16-11(9-12-5-3-4-8-18-12)10-15-17-13-6-1-2-7-14(13)19-15/h1-2,6-7,11-12H,3-5,8-10,16H2. The van der Waals surface area contributed by atoms with Crippen molar-refractivity contribution in [2.75, 3.05) is 6.61 Å². The third-order valence-corrected chi connectivity index (χ3v) is 4.67. The van der Waals surface area contributed by atoms with Gasteiger partial charge in [0.1, 0.15) is 0 Å². The fourth-order valence-corrected chi connectivity index (χ4v) is 3.71. The predicted octanol–water partition coefficient (Wildman–Crippen LogP) is 3.13. The SMILES string of the molecule is NC(Cc1nc2ccccc2s1)CC1CCCCO1. The zero-order chi connectivity index (χ0) is 13.1. The molecule has 102 valence electrons. The molecule has 3 nitrogen and oxygen atoms in total. The van der Waals surface area contributed by atoms with Crippen LogP contribution in [0.15, 0.2) is 24.3 Å². The highest BCUT2D eigenvalue weighted by Crippen LogP contribution is 2.24. The normalized spacial score (nSPS) is 21.6. The Morgan fingerprint density at radius 2 is 2.26 bits per heavy atom. The van der Waals surface area contributed by atoms with Gasteiger partial charge in [-0.15, -0.1) is 11.3 Å². The minimum atomic E-state index is 0.156. The Labute approximate surface area is 117 Å². The van der Waals surface area contributed by atoms with E-state index < -0.39 is 0 Å². The van der Waals surface area contributed by atoms with Crippen molar-refractivity contribution < 1.29 is 4.74 Å². The Balaban J connectivity index is 1.60. The van der Waals surface area contributed by atoms with Crippen LogP contribution < -0.4 is 5.73 Å². The van der Waals surface area contributed by atoms with Gasteiger partial charge in [-0.3, -0.25) is 0 Å². The molecule has 0 spiro atoms. The minimum absolute atomic E-state index is 0.156. The maximum atomic E-state index is 6.25. The van der Waals surface area contributed by atoms with Gasteiger partial charge in [-0.25, -0.2) is 4.98 Å². The van der Waals surface area contributed by atoms with Crippen molar-refractivity contribution >= 4 is 21.6 Å². The number of rotatable bonds is 4. The van der Waals surface area contributed by atoms with Gasteiger partial charge in [-0.2, -0.15) is 0 Å². The first kappa shape index (κ1) is 13.0. The number of thiazole rings is 1. The monoisotopic (exact) mass is 276 g/mol.